The molecular weight excluding hydrogens is 342 g/mol. The molecule has 0 radical (unpaired) electrons. The van der Waals surface area contributed by atoms with Crippen molar-refractivity contribution in [2.75, 3.05) is 12.0 Å². The molecule has 142 valence electrons. The fourth-order valence-corrected chi connectivity index (χ4v) is 3.04. The van der Waals surface area contributed by atoms with Crippen molar-refractivity contribution < 1.29 is 9.53 Å². The van der Waals surface area contributed by atoms with E-state index in [2.05, 4.69) is 15.1 Å². The maximum atomic E-state index is 13.0. The number of para-hydroxylation sites is 2. The normalized spacial score (nSPS) is 11.2. The molecule has 0 aliphatic rings. The highest BCUT2D eigenvalue weighted by molar-refractivity contribution is 5.94. The van der Waals surface area contributed by atoms with Crippen LogP contribution in [-0.2, 0) is 11.3 Å². The number of carbonyl (C=O) groups excluding carboxylic acids is 1. The molecule has 0 fully saturated rings. The Balaban J connectivity index is 2.01. The summed E-state index contributed by atoms with van der Waals surface area (Å²) in [4.78, 5) is 23.6. The summed E-state index contributed by atoms with van der Waals surface area (Å²) in [5.41, 5.74) is 2.55. The summed E-state index contributed by atoms with van der Waals surface area (Å²) in [5, 5.41) is 4.54. The average molecular weight is 367 g/mol. The number of benzene rings is 1. The highest BCUT2D eigenvalue weighted by Crippen LogP contribution is 2.29. The van der Waals surface area contributed by atoms with Gasteiger partial charge in [0.2, 0.25) is 5.91 Å². The summed E-state index contributed by atoms with van der Waals surface area (Å²) in [7, 11) is 1.60. The summed E-state index contributed by atoms with van der Waals surface area (Å²) in [6.45, 7) is 8.19. The number of hydrogen-bond donors (Lipinski definition) is 0. The van der Waals surface area contributed by atoms with Crippen molar-refractivity contribution in [3.05, 3.63) is 47.5 Å². The van der Waals surface area contributed by atoms with Crippen molar-refractivity contribution in [3.8, 4) is 5.75 Å². The molecule has 27 heavy (non-hydrogen) atoms. The molecule has 0 saturated carbocycles. The topological polar surface area (TPSA) is 72.6 Å². The first-order chi connectivity index (χ1) is 12.9. The minimum atomic E-state index is 0.00854. The summed E-state index contributed by atoms with van der Waals surface area (Å²) in [6, 6.07) is 9.44. The Kier molecular flexibility index (Phi) is 5.39. The van der Waals surface area contributed by atoms with Gasteiger partial charge < -0.3 is 9.64 Å². The summed E-state index contributed by atoms with van der Waals surface area (Å²) in [6.07, 6.45) is 0.432. The number of nitrogens with zero attached hydrogens (tertiary/aromatic N) is 5. The number of hydrogen-bond acceptors (Lipinski definition) is 5. The van der Waals surface area contributed by atoms with Gasteiger partial charge in [-0.25, -0.2) is 9.50 Å². The van der Waals surface area contributed by atoms with Gasteiger partial charge in [0.1, 0.15) is 5.75 Å². The van der Waals surface area contributed by atoms with Gasteiger partial charge in [0.05, 0.1) is 19.3 Å². The third-order valence-corrected chi connectivity index (χ3v) is 4.22. The minimum Gasteiger partial charge on any atom is -0.495 e. The molecule has 0 atom stereocenters. The van der Waals surface area contributed by atoms with Gasteiger partial charge in [0.15, 0.2) is 5.82 Å². The number of amides is 1. The number of fused-ring (bicyclic) bond motifs is 1. The number of aryl methyl sites for hydroxylation is 2. The molecule has 1 amide bonds. The number of rotatable bonds is 6. The molecule has 0 N–H and O–H groups in total. The van der Waals surface area contributed by atoms with Crippen LogP contribution in [0.2, 0.25) is 0 Å². The fraction of sp³-hybridized carbons (Fsp3) is 0.400. The molecule has 0 unspecified atom stereocenters. The first-order valence-electron chi connectivity index (χ1n) is 9.02. The lowest BCUT2D eigenvalue weighted by Gasteiger charge is -2.24. The number of methoxy groups -OCH3 is 1. The highest BCUT2D eigenvalue weighted by atomic mass is 16.5. The molecule has 0 bridgehead atoms. The van der Waals surface area contributed by atoms with E-state index < -0.39 is 0 Å². The van der Waals surface area contributed by atoms with Crippen LogP contribution in [0.4, 0.5) is 5.69 Å². The second-order valence-electron chi connectivity index (χ2n) is 7.03. The molecular formula is C20H25N5O2. The second kappa shape index (κ2) is 7.73. The molecule has 0 saturated heterocycles. The summed E-state index contributed by atoms with van der Waals surface area (Å²) >= 11 is 0. The van der Waals surface area contributed by atoms with Crippen LogP contribution in [0.1, 0.15) is 37.5 Å². The molecule has 2 heterocycles. The van der Waals surface area contributed by atoms with Crippen LogP contribution in [-0.4, -0.2) is 32.6 Å². The number of anilines is 1. The monoisotopic (exact) mass is 367 g/mol. The van der Waals surface area contributed by atoms with E-state index in [1.54, 1.807) is 16.5 Å². The van der Waals surface area contributed by atoms with Crippen LogP contribution >= 0.6 is 0 Å². The fourth-order valence-electron chi connectivity index (χ4n) is 3.04. The molecule has 0 aliphatic heterocycles. The van der Waals surface area contributed by atoms with Gasteiger partial charge in [-0.2, -0.15) is 4.98 Å². The molecule has 0 spiro atoms. The van der Waals surface area contributed by atoms with E-state index in [1.165, 1.54) is 0 Å². The van der Waals surface area contributed by atoms with Gasteiger partial charge in [-0.1, -0.05) is 26.0 Å². The van der Waals surface area contributed by atoms with Crippen LogP contribution in [0.15, 0.2) is 30.3 Å². The second-order valence-corrected chi connectivity index (χ2v) is 7.03. The third-order valence-electron chi connectivity index (χ3n) is 4.22. The maximum Gasteiger partial charge on any atom is 0.252 e. The van der Waals surface area contributed by atoms with E-state index in [4.69, 9.17) is 4.74 Å². The van der Waals surface area contributed by atoms with Crippen molar-refractivity contribution in [3.63, 3.8) is 0 Å². The van der Waals surface area contributed by atoms with Crippen molar-refractivity contribution in [1.82, 2.24) is 19.6 Å². The SMILES string of the molecule is COc1ccccc1N(Cc1nc2nc(C)cc(C)n2n1)C(=O)CC(C)C. The predicted molar refractivity (Wildman–Crippen MR) is 104 cm³/mol. The molecule has 3 aromatic rings. The third kappa shape index (κ3) is 4.07. The number of carbonyl (C=O) groups is 1. The van der Waals surface area contributed by atoms with Gasteiger partial charge >= 0.3 is 0 Å². The van der Waals surface area contributed by atoms with Crippen molar-refractivity contribution in [2.45, 2.75) is 40.7 Å². The Hall–Kier alpha value is -2.96. The quantitative estimate of drug-likeness (QED) is 0.668. The van der Waals surface area contributed by atoms with Gasteiger partial charge in [-0.15, -0.1) is 5.10 Å². The Morgan fingerprint density at radius 1 is 1.22 bits per heavy atom. The van der Waals surface area contributed by atoms with Gasteiger partial charge in [-0.3, -0.25) is 4.79 Å². The van der Waals surface area contributed by atoms with Crippen LogP contribution in [0.5, 0.6) is 5.75 Å². The van der Waals surface area contributed by atoms with E-state index in [1.807, 2.05) is 58.0 Å². The highest BCUT2D eigenvalue weighted by Gasteiger charge is 2.22. The number of ether oxygens (including phenoxy) is 1. The number of aromatic nitrogens is 4. The standard InChI is InChI=1S/C20H25N5O2/c1-13(2)10-19(26)24(16-8-6-7-9-17(16)27-5)12-18-22-20-21-14(3)11-15(4)25(20)23-18/h6-9,11,13H,10,12H2,1-5H3. The van der Waals surface area contributed by atoms with E-state index >= 15 is 0 Å². The molecule has 3 rings (SSSR count). The summed E-state index contributed by atoms with van der Waals surface area (Å²) < 4.78 is 7.16. The van der Waals surface area contributed by atoms with Crippen LogP contribution in [0.25, 0.3) is 5.78 Å². The minimum absolute atomic E-state index is 0.00854. The Labute approximate surface area is 159 Å². The van der Waals surface area contributed by atoms with Gasteiger partial charge in [0, 0.05) is 17.8 Å². The maximum absolute atomic E-state index is 13.0. The molecule has 0 aliphatic carbocycles. The predicted octanol–water partition coefficient (Wildman–Crippen LogP) is 3.33. The zero-order valence-electron chi connectivity index (χ0n) is 16.4. The lowest BCUT2D eigenvalue weighted by atomic mass is 10.1. The Morgan fingerprint density at radius 2 is 1.96 bits per heavy atom. The smallest absolute Gasteiger partial charge is 0.252 e. The van der Waals surface area contributed by atoms with Crippen molar-refractivity contribution >= 4 is 17.4 Å². The molecule has 7 heteroatoms. The van der Waals surface area contributed by atoms with E-state index in [9.17, 15) is 4.79 Å². The van der Waals surface area contributed by atoms with E-state index in [0.717, 1.165) is 11.4 Å². The van der Waals surface area contributed by atoms with E-state index in [-0.39, 0.29) is 18.4 Å². The van der Waals surface area contributed by atoms with Crippen molar-refractivity contribution in [1.29, 1.82) is 0 Å². The Morgan fingerprint density at radius 3 is 2.67 bits per heavy atom. The lowest BCUT2D eigenvalue weighted by molar-refractivity contribution is -0.119. The molecule has 2 aromatic heterocycles. The van der Waals surface area contributed by atoms with Gasteiger partial charge in [-0.05, 0) is 38.0 Å². The molecule has 1 aromatic carbocycles. The lowest BCUT2D eigenvalue weighted by Crippen LogP contribution is -2.32. The molecule has 7 nitrogen and oxygen atoms in total. The zero-order chi connectivity index (χ0) is 19.6. The zero-order valence-corrected chi connectivity index (χ0v) is 16.4. The van der Waals surface area contributed by atoms with Crippen LogP contribution < -0.4 is 9.64 Å². The van der Waals surface area contributed by atoms with Gasteiger partial charge in [0.25, 0.3) is 5.78 Å². The Bertz CT molecular complexity index is 964. The average Bonchev–Trinajstić information content (AvgIpc) is 3.02. The first kappa shape index (κ1) is 18.8. The van der Waals surface area contributed by atoms with E-state index in [0.29, 0.717) is 29.5 Å². The van der Waals surface area contributed by atoms with Crippen molar-refractivity contribution in [2.24, 2.45) is 5.92 Å². The summed E-state index contributed by atoms with van der Waals surface area (Å²) in [5.74, 6) is 1.98. The van der Waals surface area contributed by atoms with Crippen LogP contribution in [0, 0.1) is 19.8 Å². The largest absolute Gasteiger partial charge is 0.495 e. The first-order valence-corrected chi connectivity index (χ1v) is 9.02. The van der Waals surface area contributed by atoms with Crippen LogP contribution in [0.3, 0.4) is 0 Å².